The Morgan fingerprint density at radius 3 is 2.38 bits per heavy atom. The van der Waals surface area contributed by atoms with Crippen LogP contribution in [0.2, 0.25) is 0 Å². The van der Waals surface area contributed by atoms with Gasteiger partial charge in [-0.2, -0.15) is 5.26 Å². The first-order valence-corrected chi connectivity index (χ1v) is 5.58. The van der Waals surface area contributed by atoms with E-state index in [0.29, 0.717) is 0 Å². The van der Waals surface area contributed by atoms with Gasteiger partial charge in [-0.3, -0.25) is 0 Å². The summed E-state index contributed by atoms with van der Waals surface area (Å²) in [6.07, 6.45) is 1.79. The van der Waals surface area contributed by atoms with Gasteiger partial charge in [0.2, 0.25) is 0 Å². The minimum Gasteiger partial charge on any atom is -0.401 e. The van der Waals surface area contributed by atoms with Gasteiger partial charge in [-0.1, -0.05) is 29.3 Å². The quantitative estimate of drug-likeness (QED) is 0.778. The van der Waals surface area contributed by atoms with Crippen LogP contribution in [0.5, 0.6) is 0 Å². The van der Waals surface area contributed by atoms with Crippen molar-refractivity contribution < 1.29 is 0 Å². The van der Waals surface area contributed by atoms with Crippen LogP contribution >= 0.6 is 0 Å². The number of rotatable bonds is 1. The van der Waals surface area contributed by atoms with Gasteiger partial charge in [0.1, 0.15) is 0 Å². The maximum atomic E-state index is 8.92. The van der Waals surface area contributed by atoms with Crippen molar-refractivity contribution in [2.75, 3.05) is 0 Å². The summed E-state index contributed by atoms with van der Waals surface area (Å²) in [6.45, 7) is 4.19. The number of aryl methyl sites for hydroxylation is 2. The average Bonchev–Trinajstić information content (AvgIpc) is 2.58. The fourth-order valence-corrected chi connectivity index (χ4v) is 2.48. The monoisotopic (exact) mass is 212 g/mol. The summed E-state index contributed by atoms with van der Waals surface area (Å²) in [4.78, 5) is 0. The van der Waals surface area contributed by atoms with Gasteiger partial charge in [0.15, 0.2) is 0 Å². The molecule has 0 fully saturated rings. The van der Waals surface area contributed by atoms with Crippen molar-refractivity contribution in [3.63, 3.8) is 0 Å². The van der Waals surface area contributed by atoms with Crippen molar-refractivity contribution in [3.05, 3.63) is 46.2 Å². The van der Waals surface area contributed by atoms with Crippen molar-refractivity contribution >= 4 is 0 Å². The second kappa shape index (κ2) is 4.02. The number of hydrogen-bond donors (Lipinski definition) is 1. The normalized spacial score (nSPS) is 19.9. The number of nitrogens with two attached hydrogens (primary N) is 1. The summed E-state index contributed by atoms with van der Waals surface area (Å²) in [5.74, 6) is 0.244. The highest BCUT2D eigenvalue weighted by molar-refractivity contribution is 5.42. The molecule has 2 N–H and O–H groups in total. The minimum absolute atomic E-state index is 0.244. The lowest BCUT2D eigenvalue weighted by Gasteiger charge is -2.13. The molecule has 1 aromatic rings. The Kier molecular flexibility index (Phi) is 2.70. The third-order valence-electron chi connectivity index (χ3n) is 3.19. The minimum atomic E-state index is 0.244. The van der Waals surface area contributed by atoms with Gasteiger partial charge in [-0.15, -0.1) is 0 Å². The summed E-state index contributed by atoms with van der Waals surface area (Å²) in [5, 5.41) is 8.92. The number of hydrogen-bond acceptors (Lipinski definition) is 2. The van der Waals surface area contributed by atoms with E-state index in [4.69, 9.17) is 11.0 Å². The first-order chi connectivity index (χ1) is 7.61. The van der Waals surface area contributed by atoms with Crippen LogP contribution in [0.1, 0.15) is 35.4 Å². The molecule has 0 bridgehead atoms. The van der Waals surface area contributed by atoms with Crippen molar-refractivity contribution in [1.82, 2.24) is 0 Å². The summed E-state index contributed by atoms with van der Waals surface area (Å²) in [5.41, 5.74) is 11.3. The van der Waals surface area contributed by atoms with Crippen LogP contribution in [0.15, 0.2) is 29.5 Å². The molecular weight excluding hydrogens is 196 g/mol. The van der Waals surface area contributed by atoms with E-state index in [1.165, 1.54) is 16.7 Å². The SMILES string of the molecule is Cc1cc(C)cc(C2CCC(C#N)=C2N)c1. The van der Waals surface area contributed by atoms with Crippen LogP contribution in [0.25, 0.3) is 0 Å². The van der Waals surface area contributed by atoms with Crippen molar-refractivity contribution in [2.45, 2.75) is 32.6 Å². The molecule has 1 unspecified atom stereocenters. The van der Waals surface area contributed by atoms with E-state index in [1.807, 2.05) is 0 Å². The predicted octanol–water partition coefficient (Wildman–Crippen LogP) is 2.92. The summed E-state index contributed by atoms with van der Waals surface area (Å²) < 4.78 is 0. The number of nitriles is 1. The number of allylic oxidation sites excluding steroid dienone is 2. The molecule has 2 heteroatoms. The summed E-state index contributed by atoms with van der Waals surface area (Å²) >= 11 is 0. The molecule has 2 rings (SSSR count). The van der Waals surface area contributed by atoms with E-state index < -0.39 is 0 Å². The second-order valence-electron chi connectivity index (χ2n) is 4.56. The lowest BCUT2D eigenvalue weighted by molar-refractivity contribution is 0.762. The molecule has 0 aliphatic heterocycles. The highest BCUT2D eigenvalue weighted by Gasteiger charge is 2.24. The zero-order chi connectivity index (χ0) is 11.7. The molecule has 0 heterocycles. The summed E-state index contributed by atoms with van der Waals surface area (Å²) in [6, 6.07) is 8.70. The van der Waals surface area contributed by atoms with Gasteiger partial charge < -0.3 is 5.73 Å². The Morgan fingerprint density at radius 2 is 1.88 bits per heavy atom. The molecule has 0 aromatic heterocycles. The molecule has 0 saturated carbocycles. The van der Waals surface area contributed by atoms with E-state index in [1.54, 1.807) is 0 Å². The largest absolute Gasteiger partial charge is 0.401 e. The Balaban J connectivity index is 2.40. The van der Waals surface area contributed by atoms with E-state index in [9.17, 15) is 0 Å². The number of nitrogens with zero attached hydrogens (tertiary/aromatic N) is 1. The molecule has 0 radical (unpaired) electrons. The maximum Gasteiger partial charge on any atom is 0.0965 e. The first kappa shape index (κ1) is 10.8. The van der Waals surface area contributed by atoms with Crippen LogP contribution in [0.4, 0.5) is 0 Å². The van der Waals surface area contributed by atoms with Crippen LogP contribution in [-0.2, 0) is 0 Å². The van der Waals surface area contributed by atoms with Crippen molar-refractivity contribution in [2.24, 2.45) is 5.73 Å². The van der Waals surface area contributed by atoms with E-state index in [-0.39, 0.29) is 5.92 Å². The van der Waals surface area contributed by atoms with E-state index in [2.05, 4.69) is 38.1 Å². The molecule has 0 amide bonds. The fraction of sp³-hybridized carbons (Fsp3) is 0.357. The highest BCUT2D eigenvalue weighted by atomic mass is 14.6. The van der Waals surface area contributed by atoms with Crippen molar-refractivity contribution in [1.29, 1.82) is 5.26 Å². The third kappa shape index (κ3) is 1.81. The molecule has 1 aliphatic carbocycles. The molecule has 0 saturated heterocycles. The molecule has 16 heavy (non-hydrogen) atoms. The summed E-state index contributed by atoms with van der Waals surface area (Å²) in [7, 11) is 0. The molecule has 0 spiro atoms. The Bertz CT molecular complexity index is 472. The Morgan fingerprint density at radius 1 is 1.25 bits per heavy atom. The topological polar surface area (TPSA) is 49.8 Å². The fourth-order valence-electron chi connectivity index (χ4n) is 2.48. The molecule has 1 aliphatic rings. The van der Waals surface area contributed by atoms with Gasteiger partial charge in [0.25, 0.3) is 0 Å². The molecule has 1 atom stereocenters. The standard InChI is InChI=1S/C14H16N2/c1-9-5-10(2)7-12(6-9)13-4-3-11(8-15)14(13)16/h5-7,13H,3-4,16H2,1-2H3. The second-order valence-corrected chi connectivity index (χ2v) is 4.56. The van der Waals surface area contributed by atoms with Gasteiger partial charge in [-0.05, 0) is 32.3 Å². The lowest BCUT2D eigenvalue weighted by Crippen LogP contribution is -2.07. The smallest absolute Gasteiger partial charge is 0.0965 e. The predicted molar refractivity (Wildman–Crippen MR) is 64.7 cm³/mol. The Hall–Kier alpha value is -1.75. The maximum absolute atomic E-state index is 8.92. The average molecular weight is 212 g/mol. The van der Waals surface area contributed by atoms with Crippen LogP contribution < -0.4 is 5.73 Å². The zero-order valence-corrected chi connectivity index (χ0v) is 9.75. The van der Waals surface area contributed by atoms with Crippen LogP contribution in [-0.4, -0.2) is 0 Å². The van der Waals surface area contributed by atoms with Gasteiger partial charge in [0, 0.05) is 17.2 Å². The zero-order valence-electron chi connectivity index (χ0n) is 9.75. The van der Waals surface area contributed by atoms with E-state index in [0.717, 1.165) is 24.1 Å². The Labute approximate surface area is 96.4 Å². The lowest BCUT2D eigenvalue weighted by atomic mass is 9.93. The molecule has 2 nitrogen and oxygen atoms in total. The van der Waals surface area contributed by atoms with Gasteiger partial charge in [-0.25, -0.2) is 0 Å². The van der Waals surface area contributed by atoms with Gasteiger partial charge >= 0.3 is 0 Å². The molecular formula is C14H16N2. The highest BCUT2D eigenvalue weighted by Crippen LogP contribution is 2.36. The molecule has 82 valence electrons. The van der Waals surface area contributed by atoms with Crippen LogP contribution in [0.3, 0.4) is 0 Å². The first-order valence-electron chi connectivity index (χ1n) is 5.58. The number of benzene rings is 1. The molecule has 1 aromatic carbocycles. The van der Waals surface area contributed by atoms with Crippen LogP contribution in [0, 0.1) is 25.2 Å². The third-order valence-corrected chi connectivity index (χ3v) is 3.19. The van der Waals surface area contributed by atoms with Crippen molar-refractivity contribution in [3.8, 4) is 6.07 Å². The van der Waals surface area contributed by atoms with E-state index >= 15 is 0 Å². The van der Waals surface area contributed by atoms with Gasteiger partial charge in [0.05, 0.1) is 6.07 Å².